The first-order valence-corrected chi connectivity index (χ1v) is 9.44. The highest BCUT2D eigenvalue weighted by Gasteiger charge is 2.13. The summed E-state index contributed by atoms with van der Waals surface area (Å²) in [7, 11) is 0. The molecule has 0 spiro atoms. The van der Waals surface area contributed by atoms with Crippen molar-refractivity contribution in [3.05, 3.63) is 97.2 Å². The summed E-state index contributed by atoms with van der Waals surface area (Å²) in [5.74, 6) is 0. The first-order chi connectivity index (χ1) is 13.9. The maximum atomic E-state index is 5.05. The summed E-state index contributed by atoms with van der Waals surface area (Å²) in [6, 6.07) is 31.7. The molecule has 0 amide bonds. The van der Waals surface area contributed by atoms with Gasteiger partial charge < -0.3 is 0 Å². The highest BCUT2D eigenvalue weighted by Crippen LogP contribution is 2.37. The molecule has 4 aromatic carbocycles. The van der Waals surface area contributed by atoms with Crippen LogP contribution in [-0.4, -0.2) is 9.97 Å². The summed E-state index contributed by atoms with van der Waals surface area (Å²) in [6.45, 7) is 0. The molecule has 2 heterocycles. The maximum Gasteiger partial charge on any atom is 0.0803 e. The molecule has 6 rings (SSSR count). The van der Waals surface area contributed by atoms with Crippen LogP contribution in [0, 0.1) is 0 Å². The molecule has 0 N–H and O–H groups in total. The molecule has 0 aliphatic carbocycles. The van der Waals surface area contributed by atoms with E-state index in [1.807, 2.05) is 24.4 Å². The van der Waals surface area contributed by atoms with Gasteiger partial charge in [0.1, 0.15) is 0 Å². The molecule has 0 aliphatic heterocycles. The summed E-state index contributed by atoms with van der Waals surface area (Å²) in [6.07, 6.45) is 1.94. The summed E-state index contributed by atoms with van der Waals surface area (Å²) in [4.78, 5) is 9.71. The lowest BCUT2D eigenvalue weighted by Crippen LogP contribution is -1.92. The van der Waals surface area contributed by atoms with Crippen molar-refractivity contribution in [2.24, 2.45) is 0 Å². The number of pyridine rings is 2. The number of nitrogens with zero attached hydrogens (tertiary/aromatic N) is 2. The molecular formula is C26H16N2. The van der Waals surface area contributed by atoms with Gasteiger partial charge in [-0.2, -0.15) is 0 Å². The molecule has 0 radical (unpaired) electrons. The SMILES string of the molecule is c1ccc2ncc(-c3nc4ccccc4c4c3ccc3ccccc34)cc2c1. The minimum atomic E-state index is 0.984. The van der Waals surface area contributed by atoms with Gasteiger partial charge in [0.25, 0.3) is 0 Å². The monoisotopic (exact) mass is 356 g/mol. The van der Waals surface area contributed by atoms with E-state index in [9.17, 15) is 0 Å². The summed E-state index contributed by atoms with van der Waals surface area (Å²) >= 11 is 0. The van der Waals surface area contributed by atoms with E-state index < -0.39 is 0 Å². The van der Waals surface area contributed by atoms with Gasteiger partial charge in [-0.15, -0.1) is 0 Å². The molecule has 0 fully saturated rings. The molecule has 0 bridgehead atoms. The molecule has 0 atom stereocenters. The van der Waals surface area contributed by atoms with Crippen molar-refractivity contribution in [2.45, 2.75) is 0 Å². The van der Waals surface area contributed by atoms with E-state index >= 15 is 0 Å². The predicted molar refractivity (Wildman–Crippen MR) is 117 cm³/mol. The van der Waals surface area contributed by atoms with Crippen molar-refractivity contribution in [3.63, 3.8) is 0 Å². The Morgan fingerprint density at radius 2 is 1.25 bits per heavy atom. The zero-order valence-corrected chi connectivity index (χ0v) is 15.1. The molecule has 2 heteroatoms. The van der Waals surface area contributed by atoms with Crippen LogP contribution < -0.4 is 0 Å². The zero-order chi connectivity index (χ0) is 18.5. The van der Waals surface area contributed by atoms with Crippen molar-refractivity contribution in [1.29, 1.82) is 0 Å². The van der Waals surface area contributed by atoms with Crippen LogP contribution in [0.25, 0.3) is 54.6 Å². The van der Waals surface area contributed by atoms with Gasteiger partial charge in [-0.3, -0.25) is 4.98 Å². The van der Waals surface area contributed by atoms with E-state index in [0.29, 0.717) is 0 Å². The van der Waals surface area contributed by atoms with Crippen molar-refractivity contribution in [1.82, 2.24) is 9.97 Å². The lowest BCUT2D eigenvalue weighted by molar-refractivity contribution is 1.37. The van der Waals surface area contributed by atoms with Crippen molar-refractivity contribution in [3.8, 4) is 11.3 Å². The third-order valence-corrected chi connectivity index (χ3v) is 5.45. The molecule has 130 valence electrons. The minimum Gasteiger partial charge on any atom is -0.256 e. The van der Waals surface area contributed by atoms with E-state index in [4.69, 9.17) is 4.98 Å². The number of hydrogen-bond acceptors (Lipinski definition) is 2. The standard InChI is InChI=1S/C26H16N2/c1-3-9-20-17(7-1)13-14-22-25(20)21-10-4-6-12-24(21)28-26(22)19-15-18-8-2-5-11-23(18)27-16-19/h1-16H. The molecule has 2 nitrogen and oxygen atoms in total. The van der Waals surface area contributed by atoms with Crippen LogP contribution in [0.2, 0.25) is 0 Å². The van der Waals surface area contributed by atoms with Crippen molar-refractivity contribution >= 4 is 43.4 Å². The molecular weight excluding hydrogens is 340 g/mol. The van der Waals surface area contributed by atoms with Gasteiger partial charge in [-0.05, 0) is 29.0 Å². The Morgan fingerprint density at radius 3 is 2.14 bits per heavy atom. The number of rotatable bonds is 1. The fraction of sp³-hybridized carbons (Fsp3) is 0. The van der Waals surface area contributed by atoms with Crippen LogP contribution in [0.5, 0.6) is 0 Å². The third kappa shape index (κ3) is 2.21. The summed E-state index contributed by atoms with van der Waals surface area (Å²) < 4.78 is 0. The Bertz CT molecular complexity index is 1500. The molecule has 0 aliphatic rings. The second kappa shape index (κ2) is 5.86. The number of aromatic nitrogens is 2. The first-order valence-electron chi connectivity index (χ1n) is 9.44. The van der Waals surface area contributed by atoms with Gasteiger partial charge in [-0.25, -0.2) is 4.98 Å². The number of fused-ring (bicyclic) bond motifs is 6. The first kappa shape index (κ1) is 15.3. The largest absolute Gasteiger partial charge is 0.256 e. The Morgan fingerprint density at radius 1 is 0.536 bits per heavy atom. The van der Waals surface area contributed by atoms with Gasteiger partial charge in [-0.1, -0.05) is 72.8 Å². The Hall–Kier alpha value is -3.78. The topological polar surface area (TPSA) is 25.8 Å². The van der Waals surface area contributed by atoms with Crippen LogP contribution >= 0.6 is 0 Å². The van der Waals surface area contributed by atoms with Crippen LogP contribution in [0.3, 0.4) is 0 Å². The average molecular weight is 356 g/mol. The number of para-hydroxylation sites is 2. The van der Waals surface area contributed by atoms with Crippen LogP contribution in [0.1, 0.15) is 0 Å². The zero-order valence-electron chi connectivity index (χ0n) is 15.1. The molecule has 6 aromatic rings. The van der Waals surface area contributed by atoms with Gasteiger partial charge in [0.15, 0.2) is 0 Å². The Kier molecular flexibility index (Phi) is 3.20. The molecule has 0 saturated heterocycles. The molecule has 0 unspecified atom stereocenters. The normalized spacial score (nSPS) is 11.6. The maximum absolute atomic E-state index is 5.05. The van der Waals surface area contributed by atoms with Crippen LogP contribution in [0.15, 0.2) is 97.2 Å². The highest BCUT2D eigenvalue weighted by molar-refractivity contribution is 6.22. The number of benzene rings is 4. The third-order valence-electron chi connectivity index (χ3n) is 5.45. The minimum absolute atomic E-state index is 0.984. The molecule has 0 saturated carbocycles. The van der Waals surface area contributed by atoms with Gasteiger partial charge in [0.2, 0.25) is 0 Å². The second-order valence-electron chi connectivity index (χ2n) is 7.10. The van der Waals surface area contributed by atoms with E-state index in [2.05, 4.69) is 77.8 Å². The lowest BCUT2D eigenvalue weighted by atomic mass is 9.95. The molecule has 2 aromatic heterocycles. The van der Waals surface area contributed by atoms with Crippen LogP contribution in [-0.2, 0) is 0 Å². The summed E-state index contributed by atoms with van der Waals surface area (Å²) in [5.41, 5.74) is 4.04. The summed E-state index contributed by atoms with van der Waals surface area (Å²) in [5, 5.41) is 7.24. The van der Waals surface area contributed by atoms with Crippen molar-refractivity contribution in [2.75, 3.05) is 0 Å². The smallest absolute Gasteiger partial charge is 0.0803 e. The fourth-order valence-corrected chi connectivity index (χ4v) is 4.14. The fourth-order valence-electron chi connectivity index (χ4n) is 4.14. The van der Waals surface area contributed by atoms with E-state index in [0.717, 1.165) is 33.1 Å². The predicted octanol–water partition coefficient (Wildman–Crippen LogP) is 6.76. The Balaban J connectivity index is 1.80. The van der Waals surface area contributed by atoms with E-state index in [-0.39, 0.29) is 0 Å². The Labute approximate surface area is 162 Å². The highest BCUT2D eigenvalue weighted by atomic mass is 14.7. The van der Waals surface area contributed by atoms with Gasteiger partial charge in [0.05, 0.1) is 16.7 Å². The average Bonchev–Trinajstić information content (AvgIpc) is 2.77. The quantitative estimate of drug-likeness (QED) is 0.304. The second-order valence-corrected chi connectivity index (χ2v) is 7.10. The number of hydrogen-bond donors (Lipinski definition) is 0. The van der Waals surface area contributed by atoms with Crippen LogP contribution in [0.4, 0.5) is 0 Å². The lowest BCUT2D eigenvalue weighted by Gasteiger charge is -2.12. The van der Waals surface area contributed by atoms with Crippen molar-refractivity contribution < 1.29 is 0 Å². The van der Waals surface area contributed by atoms with Gasteiger partial charge in [0, 0.05) is 33.3 Å². The van der Waals surface area contributed by atoms with Gasteiger partial charge >= 0.3 is 0 Å². The van der Waals surface area contributed by atoms with E-state index in [1.54, 1.807) is 0 Å². The van der Waals surface area contributed by atoms with E-state index in [1.165, 1.54) is 21.5 Å². The molecule has 28 heavy (non-hydrogen) atoms.